The molecule has 2 aromatic rings. The summed E-state index contributed by atoms with van der Waals surface area (Å²) >= 11 is 8.45. The maximum Gasteiger partial charge on any atom is 0.119 e. The van der Waals surface area contributed by atoms with E-state index in [2.05, 4.69) is 38.8 Å². The molecule has 1 unspecified atom stereocenters. The fraction of sp³-hybridized carbons (Fsp3) is 0.286. The Morgan fingerprint density at radius 3 is 2.74 bits per heavy atom. The second-order valence-electron chi connectivity index (χ2n) is 4.10. The monoisotopic (exact) mass is 404 g/mol. The van der Waals surface area contributed by atoms with Crippen molar-refractivity contribution in [1.29, 1.82) is 0 Å². The van der Waals surface area contributed by atoms with Crippen LogP contribution in [0.25, 0.3) is 0 Å². The van der Waals surface area contributed by atoms with Crippen molar-refractivity contribution in [2.45, 2.75) is 19.4 Å². The van der Waals surface area contributed by atoms with E-state index >= 15 is 0 Å². The van der Waals surface area contributed by atoms with Crippen molar-refractivity contribution in [2.24, 2.45) is 0 Å². The summed E-state index contributed by atoms with van der Waals surface area (Å²) in [4.78, 5) is 0. The van der Waals surface area contributed by atoms with Gasteiger partial charge in [0, 0.05) is 5.56 Å². The van der Waals surface area contributed by atoms with Crippen LogP contribution in [0.2, 0.25) is 0 Å². The van der Waals surface area contributed by atoms with Crippen LogP contribution in [-0.2, 0) is 0 Å². The molecule has 0 aliphatic carbocycles. The Morgan fingerprint density at radius 1 is 1.32 bits per heavy atom. The number of ether oxygens (including phenoxy) is 1. The fourth-order valence-electron chi connectivity index (χ4n) is 1.71. The first-order chi connectivity index (χ1) is 9.11. The number of aliphatic hydroxyl groups is 1. The van der Waals surface area contributed by atoms with Crippen molar-refractivity contribution in [1.82, 2.24) is 0 Å². The lowest BCUT2D eigenvalue weighted by atomic mass is 10.0. The Morgan fingerprint density at radius 2 is 2.11 bits per heavy atom. The zero-order valence-electron chi connectivity index (χ0n) is 10.4. The molecule has 5 heteroatoms. The molecule has 19 heavy (non-hydrogen) atoms. The van der Waals surface area contributed by atoms with Crippen LogP contribution in [-0.4, -0.2) is 11.7 Å². The van der Waals surface area contributed by atoms with Gasteiger partial charge in [0.05, 0.1) is 14.2 Å². The van der Waals surface area contributed by atoms with Gasteiger partial charge in [-0.1, -0.05) is 19.1 Å². The predicted octanol–water partition coefficient (Wildman–Crippen LogP) is 5.14. The maximum atomic E-state index is 10.4. The van der Waals surface area contributed by atoms with Gasteiger partial charge in [0.25, 0.3) is 0 Å². The fourth-order valence-corrected chi connectivity index (χ4v) is 4.60. The highest BCUT2D eigenvalue weighted by atomic mass is 79.9. The molecule has 2 rings (SSSR count). The Bertz CT molecular complexity index is 554. The highest BCUT2D eigenvalue weighted by Crippen LogP contribution is 2.38. The average molecular weight is 406 g/mol. The lowest BCUT2D eigenvalue weighted by molar-refractivity contribution is 0.219. The van der Waals surface area contributed by atoms with E-state index in [4.69, 9.17) is 4.74 Å². The zero-order chi connectivity index (χ0) is 13.8. The SMILES string of the molecule is CCCOc1cccc(C(O)c2cc(Br)sc2Br)c1. The van der Waals surface area contributed by atoms with E-state index in [1.54, 1.807) is 11.3 Å². The molecule has 2 nitrogen and oxygen atoms in total. The number of hydrogen-bond donors (Lipinski definition) is 1. The van der Waals surface area contributed by atoms with Crippen LogP contribution >= 0.6 is 43.2 Å². The Labute approximate surface area is 133 Å². The summed E-state index contributed by atoms with van der Waals surface area (Å²) in [6, 6.07) is 9.53. The van der Waals surface area contributed by atoms with Crippen molar-refractivity contribution in [2.75, 3.05) is 6.61 Å². The van der Waals surface area contributed by atoms with E-state index in [-0.39, 0.29) is 0 Å². The van der Waals surface area contributed by atoms with Crippen LogP contribution in [0.1, 0.15) is 30.6 Å². The van der Waals surface area contributed by atoms with Crippen LogP contribution in [0.5, 0.6) is 5.75 Å². The molecule has 1 N–H and O–H groups in total. The lowest BCUT2D eigenvalue weighted by Crippen LogP contribution is -2.00. The molecule has 0 radical (unpaired) electrons. The van der Waals surface area contributed by atoms with Gasteiger partial charge >= 0.3 is 0 Å². The van der Waals surface area contributed by atoms with Crippen LogP contribution in [0.4, 0.5) is 0 Å². The minimum atomic E-state index is -0.651. The summed E-state index contributed by atoms with van der Waals surface area (Å²) in [6.07, 6.45) is 0.317. The largest absolute Gasteiger partial charge is 0.494 e. The van der Waals surface area contributed by atoms with Gasteiger partial charge in [-0.05, 0) is 62.0 Å². The van der Waals surface area contributed by atoms with Crippen LogP contribution in [0, 0.1) is 0 Å². The molecule has 1 aromatic carbocycles. The van der Waals surface area contributed by atoms with Crippen molar-refractivity contribution in [3.05, 3.63) is 49.0 Å². The summed E-state index contributed by atoms with van der Waals surface area (Å²) in [5.41, 5.74) is 1.70. The second-order valence-corrected chi connectivity index (χ2v) is 7.85. The predicted molar refractivity (Wildman–Crippen MR) is 86.0 cm³/mol. The molecule has 0 saturated heterocycles. The average Bonchev–Trinajstić information content (AvgIpc) is 2.75. The van der Waals surface area contributed by atoms with Gasteiger partial charge in [0.1, 0.15) is 11.9 Å². The third-order valence-corrected chi connectivity index (χ3v) is 5.01. The summed E-state index contributed by atoms with van der Waals surface area (Å²) in [5, 5.41) is 10.4. The first-order valence-corrected chi connectivity index (χ1v) is 8.37. The Kier molecular flexibility index (Phi) is 5.45. The quantitative estimate of drug-likeness (QED) is 0.745. The van der Waals surface area contributed by atoms with Gasteiger partial charge in [0.2, 0.25) is 0 Å². The van der Waals surface area contributed by atoms with Crippen molar-refractivity contribution in [3.63, 3.8) is 0 Å². The van der Waals surface area contributed by atoms with Gasteiger partial charge < -0.3 is 9.84 Å². The first-order valence-electron chi connectivity index (χ1n) is 5.97. The third-order valence-electron chi connectivity index (χ3n) is 2.62. The van der Waals surface area contributed by atoms with Gasteiger partial charge in [-0.3, -0.25) is 0 Å². The maximum absolute atomic E-state index is 10.4. The van der Waals surface area contributed by atoms with Gasteiger partial charge in [-0.25, -0.2) is 0 Å². The molecule has 0 spiro atoms. The molecule has 0 amide bonds. The number of aliphatic hydroxyl groups excluding tert-OH is 1. The topological polar surface area (TPSA) is 29.5 Å². The number of benzene rings is 1. The molecular weight excluding hydrogens is 392 g/mol. The van der Waals surface area contributed by atoms with E-state index in [0.29, 0.717) is 6.61 Å². The van der Waals surface area contributed by atoms with Gasteiger partial charge in [-0.2, -0.15) is 0 Å². The van der Waals surface area contributed by atoms with E-state index in [0.717, 1.165) is 30.9 Å². The number of thiophene rings is 1. The minimum absolute atomic E-state index is 0.651. The van der Waals surface area contributed by atoms with Crippen molar-refractivity contribution in [3.8, 4) is 5.75 Å². The van der Waals surface area contributed by atoms with E-state index in [1.807, 2.05) is 30.3 Å². The summed E-state index contributed by atoms with van der Waals surface area (Å²) in [7, 11) is 0. The van der Waals surface area contributed by atoms with E-state index in [1.165, 1.54) is 0 Å². The molecule has 0 bridgehead atoms. The van der Waals surface area contributed by atoms with Gasteiger partial charge in [-0.15, -0.1) is 11.3 Å². The number of halogens is 2. The molecular formula is C14H14Br2O2S. The number of rotatable bonds is 5. The van der Waals surface area contributed by atoms with Crippen LogP contribution in [0.15, 0.2) is 37.9 Å². The van der Waals surface area contributed by atoms with Crippen molar-refractivity contribution < 1.29 is 9.84 Å². The lowest BCUT2D eigenvalue weighted by Gasteiger charge is -2.12. The molecule has 1 aromatic heterocycles. The molecule has 0 fully saturated rings. The van der Waals surface area contributed by atoms with Crippen molar-refractivity contribution >= 4 is 43.2 Å². The molecule has 1 atom stereocenters. The highest BCUT2D eigenvalue weighted by Gasteiger charge is 2.17. The standard InChI is InChI=1S/C14H14Br2O2S/c1-2-6-18-10-5-3-4-9(7-10)13(17)11-8-12(15)19-14(11)16/h3-5,7-8,13,17H,2,6H2,1H3. The minimum Gasteiger partial charge on any atom is -0.494 e. The van der Waals surface area contributed by atoms with E-state index < -0.39 is 6.10 Å². The van der Waals surface area contributed by atoms with Crippen LogP contribution in [0.3, 0.4) is 0 Å². The number of hydrogen-bond acceptors (Lipinski definition) is 3. The normalized spacial score (nSPS) is 12.4. The highest BCUT2D eigenvalue weighted by molar-refractivity contribution is 9.12. The molecule has 102 valence electrons. The Balaban J connectivity index is 2.23. The van der Waals surface area contributed by atoms with E-state index in [9.17, 15) is 5.11 Å². The molecule has 0 saturated carbocycles. The third kappa shape index (κ3) is 3.81. The first kappa shape index (κ1) is 15.0. The second kappa shape index (κ2) is 6.88. The molecule has 1 heterocycles. The van der Waals surface area contributed by atoms with Crippen LogP contribution < -0.4 is 4.74 Å². The molecule has 0 aliphatic rings. The smallest absolute Gasteiger partial charge is 0.119 e. The summed E-state index contributed by atoms with van der Waals surface area (Å²) in [6.45, 7) is 2.76. The van der Waals surface area contributed by atoms with Gasteiger partial charge in [0.15, 0.2) is 0 Å². The Hall–Kier alpha value is -0.360. The summed E-state index contributed by atoms with van der Waals surface area (Å²) in [5.74, 6) is 0.795. The zero-order valence-corrected chi connectivity index (χ0v) is 14.4. The molecule has 0 aliphatic heterocycles. The summed E-state index contributed by atoms with van der Waals surface area (Å²) < 4.78 is 7.52.